The molecular formula is C13H20N2O3. The number of nitrogens with one attached hydrogen (secondary N) is 1. The molecular weight excluding hydrogens is 232 g/mol. The van der Waals surface area contributed by atoms with Crippen LogP contribution in [-0.2, 0) is 11.3 Å². The van der Waals surface area contributed by atoms with Gasteiger partial charge in [-0.2, -0.15) is 0 Å². The number of ether oxygens (including phenoxy) is 2. The van der Waals surface area contributed by atoms with Gasteiger partial charge in [0.1, 0.15) is 0 Å². The third-order valence-electron chi connectivity index (χ3n) is 2.71. The number of carbonyl (C=O) groups is 1. The van der Waals surface area contributed by atoms with Crippen LogP contribution in [0, 0.1) is 6.92 Å². The van der Waals surface area contributed by atoms with Gasteiger partial charge >= 0.3 is 0 Å². The van der Waals surface area contributed by atoms with Crippen molar-refractivity contribution in [3.63, 3.8) is 0 Å². The molecule has 5 heteroatoms. The zero-order valence-corrected chi connectivity index (χ0v) is 11.2. The maximum absolute atomic E-state index is 11.4. The standard InChI is InChI=1S/C13H20N2O3/c1-8-5-11(17-3)12(18-4)6-10(8)7-15-13(16)9(2)14/h5-6,9H,7,14H2,1-4H3,(H,15,16). The first-order chi connectivity index (χ1) is 8.49. The van der Waals surface area contributed by atoms with Gasteiger partial charge < -0.3 is 20.5 Å². The van der Waals surface area contributed by atoms with E-state index in [-0.39, 0.29) is 5.91 Å². The van der Waals surface area contributed by atoms with Gasteiger partial charge in [0.25, 0.3) is 0 Å². The fourth-order valence-electron chi connectivity index (χ4n) is 1.56. The number of hydrogen-bond acceptors (Lipinski definition) is 4. The summed E-state index contributed by atoms with van der Waals surface area (Å²) in [5, 5.41) is 2.77. The Balaban J connectivity index is 2.86. The maximum Gasteiger partial charge on any atom is 0.236 e. The molecule has 0 heterocycles. The van der Waals surface area contributed by atoms with Gasteiger partial charge in [-0.25, -0.2) is 0 Å². The summed E-state index contributed by atoms with van der Waals surface area (Å²) in [5.74, 6) is 1.15. The van der Waals surface area contributed by atoms with Crippen molar-refractivity contribution in [3.8, 4) is 11.5 Å². The number of carbonyl (C=O) groups excluding carboxylic acids is 1. The maximum atomic E-state index is 11.4. The molecule has 1 aromatic rings. The Kier molecular flexibility index (Phi) is 4.97. The molecule has 1 atom stereocenters. The monoisotopic (exact) mass is 252 g/mol. The second-order valence-electron chi connectivity index (χ2n) is 4.14. The van der Waals surface area contributed by atoms with Gasteiger partial charge in [0, 0.05) is 6.54 Å². The van der Waals surface area contributed by atoms with E-state index in [9.17, 15) is 4.79 Å². The van der Waals surface area contributed by atoms with Crippen molar-refractivity contribution >= 4 is 5.91 Å². The molecule has 1 amide bonds. The van der Waals surface area contributed by atoms with Crippen LogP contribution in [0.15, 0.2) is 12.1 Å². The summed E-state index contributed by atoms with van der Waals surface area (Å²) in [6.45, 7) is 4.03. The number of nitrogens with two attached hydrogens (primary N) is 1. The summed E-state index contributed by atoms with van der Waals surface area (Å²) in [6, 6.07) is 3.23. The highest BCUT2D eigenvalue weighted by Crippen LogP contribution is 2.30. The summed E-state index contributed by atoms with van der Waals surface area (Å²) in [4.78, 5) is 11.4. The third-order valence-corrected chi connectivity index (χ3v) is 2.71. The van der Waals surface area contributed by atoms with Crippen molar-refractivity contribution < 1.29 is 14.3 Å². The molecule has 100 valence electrons. The second-order valence-corrected chi connectivity index (χ2v) is 4.14. The first kappa shape index (κ1) is 14.3. The number of amides is 1. The lowest BCUT2D eigenvalue weighted by atomic mass is 10.1. The van der Waals surface area contributed by atoms with Crippen LogP contribution in [0.5, 0.6) is 11.5 Å². The lowest BCUT2D eigenvalue weighted by molar-refractivity contribution is -0.122. The first-order valence-corrected chi connectivity index (χ1v) is 5.74. The molecule has 0 aliphatic carbocycles. The Morgan fingerprint density at radius 3 is 2.39 bits per heavy atom. The van der Waals surface area contributed by atoms with Crippen molar-refractivity contribution in [1.82, 2.24) is 5.32 Å². The third kappa shape index (κ3) is 3.37. The number of benzene rings is 1. The molecule has 3 N–H and O–H groups in total. The molecule has 0 radical (unpaired) electrons. The van der Waals surface area contributed by atoms with E-state index in [0.29, 0.717) is 18.0 Å². The van der Waals surface area contributed by atoms with Gasteiger partial charge in [-0.1, -0.05) is 0 Å². The van der Waals surface area contributed by atoms with Crippen LogP contribution in [0.1, 0.15) is 18.1 Å². The zero-order chi connectivity index (χ0) is 13.7. The van der Waals surface area contributed by atoms with E-state index >= 15 is 0 Å². The molecule has 1 rings (SSSR count). The zero-order valence-electron chi connectivity index (χ0n) is 11.2. The second kappa shape index (κ2) is 6.26. The Morgan fingerprint density at radius 2 is 1.89 bits per heavy atom. The van der Waals surface area contributed by atoms with E-state index in [1.807, 2.05) is 19.1 Å². The lowest BCUT2D eigenvalue weighted by Crippen LogP contribution is -2.37. The number of rotatable bonds is 5. The van der Waals surface area contributed by atoms with Crippen molar-refractivity contribution in [2.24, 2.45) is 5.73 Å². The highest BCUT2D eigenvalue weighted by atomic mass is 16.5. The first-order valence-electron chi connectivity index (χ1n) is 5.74. The predicted octanol–water partition coefficient (Wildman–Crippen LogP) is 0.976. The predicted molar refractivity (Wildman–Crippen MR) is 69.8 cm³/mol. The molecule has 0 saturated carbocycles. The molecule has 0 saturated heterocycles. The van der Waals surface area contributed by atoms with Crippen LogP contribution >= 0.6 is 0 Å². The summed E-state index contributed by atoms with van der Waals surface area (Å²) < 4.78 is 10.4. The van der Waals surface area contributed by atoms with Crippen LogP contribution in [0.25, 0.3) is 0 Å². The van der Waals surface area contributed by atoms with Gasteiger partial charge in [-0.3, -0.25) is 4.79 Å². The van der Waals surface area contributed by atoms with E-state index in [0.717, 1.165) is 11.1 Å². The fourth-order valence-corrected chi connectivity index (χ4v) is 1.56. The summed E-state index contributed by atoms with van der Waals surface area (Å²) >= 11 is 0. The Bertz CT molecular complexity index is 430. The molecule has 5 nitrogen and oxygen atoms in total. The summed E-state index contributed by atoms with van der Waals surface area (Å²) in [6.07, 6.45) is 0. The quantitative estimate of drug-likeness (QED) is 0.819. The van der Waals surface area contributed by atoms with E-state index < -0.39 is 6.04 Å². The number of hydrogen-bond donors (Lipinski definition) is 2. The SMILES string of the molecule is COc1cc(C)c(CNC(=O)C(C)N)cc1OC. The molecule has 0 aliphatic rings. The Hall–Kier alpha value is -1.75. The molecule has 1 unspecified atom stereocenters. The van der Waals surface area contributed by atoms with Crippen molar-refractivity contribution in [3.05, 3.63) is 23.3 Å². The van der Waals surface area contributed by atoms with Crippen molar-refractivity contribution in [1.29, 1.82) is 0 Å². The minimum absolute atomic E-state index is 0.177. The van der Waals surface area contributed by atoms with Crippen LogP contribution in [0.4, 0.5) is 0 Å². The largest absolute Gasteiger partial charge is 0.493 e. The van der Waals surface area contributed by atoms with E-state index in [1.165, 1.54) is 0 Å². The Labute approximate surface area is 107 Å². The normalized spacial score (nSPS) is 11.8. The van der Waals surface area contributed by atoms with Gasteiger partial charge in [0.2, 0.25) is 5.91 Å². The number of aryl methyl sites for hydroxylation is 1. The molecule has 18 heavy (non-hydrogen) atoms. The van der Waals surface area contributed by atoms with Gasteiger partial charge in [0.15, 0.2) is 11.5 Å². The molecule has 0 fully saturated rings. The molecule has 1 aromatic carbocycles. The van der Waals surface area contributed by atoms with Gasteiger partial charge in [0.05, 0.1) is 20.3 Å². The molecule has 0 bridgehead atoms. The molecule has 0 aromatic heterocycles. The van der Waals surface area contributed by atoms with Crippen LogP contribution in [-0.4, -0.2) is 26.2 Å². The van der Waals surface area contributed by atoms with Crippen LogP contribution in [0.3, 0.4) is 0 Å². The van der Waals surface area contributed by atoms with Crippen LogP contribution in [0.2, 0.25) is 0 Å². The lowest BCUT2D eigenvalue weighted by Gasteiger charge is -2.14. The average Bonchev–Trinajstić information content (AvgIpc) is 2.36. The molecule has 0 aliphatic heterocycles. The summed E-state index contributed by atoms with van der Waals surface area (Å²) in [7, 11) is 3.17. The number of methoxy groups -OCH3 is 2. The van der Waals surface area contributed by atoms with E-state index in [1.54, 1.807) is 21.1 Å². The van der Waals surface area contributed by atoms with Gasteiger partial charge in [-0.15, -0.1) is 0 Å². The Morgan fingerprint density at radius 1 is 1.33 bits per heavy atom. The topological polar surface area (TPSA) is 73.6 Å². The fraction of sp³-hybridized carbons (Fsp3) is 0.462. The van der Waals surface area contributed by atoms with E-state index in [4.69, 9.17) is 15.2 Å². The van der Waals surface area contributed by atoms with Crippen molar-refractivity contribution in [2.45, 2.75) is 26.4 Å². The van der Waals surface area contributed by atoms with Gasteiger partial charge in [-0.05, 0) is 37.1 Å². The smallest absolute Gasteiger partial charge is 0.236 e. The van der Waals surface area contributed by atoms with Crippen molar-refractivity contribution in [2.75, 3.05) is 14.2 Å². The van der Waals surface area contributed by atoms with E-state index in [2.05, 4.69) is 5.32 Å². The minimum Gasteiger partial charge on any atom is -0.493 e. The highest BCUT2D eigenvalue weighted by molar-refractivity contribution is 5.80. The highest BCUT2D eigenvalue weighted by Gasteiger charge is 2.11. The average molecular weight is 252 g/mol. The molecule has 0 spiro atoms. The minimum atomic E-state index is -0.509. The van der Waals surface area contributed by atoms with Crippen LogP contribution < -0.4 is 20.5 Å². The summed E-state index contributed by atoms with van der Waals surface area (Å²) in [5.41, 5.74) is 7.48.